The molecule has 0 radical (unpaired) electrons. The molecule has 100 valence electrons. The highest BCUT2D eigenvalue weighted by molar-refractivity contribution is 5.84. The van der Waals surface area contributed by atoms with Crippen molar-refractivity contribution in [2.45, 2.75) is 25.8 Å². The van der Waals surface area contributed by atoms with Gasteiger partial charge in [0.2, 0.25) is 5.91 Å². The molecule has 0 unspecified atom stereocenters. The monoisotopic (exact) mass is 260 g/mol. The summed E-state index contributed by atoms with van der Waals surface area (Å²) in [5, 5.41) is 11.3. The van der Waals surface area contributed by atoms with Gasteiger partial charge in [-0.15, -0.1) is 0 Å². The van der Waals surface area contributed by atoms with Crippen LogP contribution in [0.5, 0.6) is 0 Å². The van der Waals surface area contributed by atoms with Gasteiger partial charge in [-0.3, -0.25) is 4.79 Å². The predicted molar refractivity (Wildman–Crippen MR) is 69.1 cm³/mol. The van der Waals surface area contributed by atoms with Gasteiger partial charge in [0.25, 0.3) is 0 Å². The van der Waals surface area contributed by atoms with Crippen molar-refractivity contribution in [1.82, 2.24) is 5.32 Å². The Morgan fingerprint density at radius 1 is 1.37 bits per heavy atom. The molecule has 1 amide bonds. The Morgan fingerprint density at radius 2 is 2.00 bits per heavy atom. The van der Waals surface area contributed by atoms with E-state index < -0.39 is 12.0 Å². The number of hydrogen-bond acceptors (Lipinski definition) is 4. The standard InChI is InChI=1S/C14H16N2O3/c1-3-13(17)16-12(14(18)19-2)8-10-4-6-11(9-15)7-5-10/h4-7,12H,3,8H2,1-2H3,(H,16,17)/t12-/m1/s1. The number of amides is 1. The first kappa shape index (κ1) is 14.7. The van der Waals surface area contributed by atoms with Gasteiger partial charge >= 0.3 is 5.97 Å². The normalized spacial score (nSPS) is 11.2. The number of benzene rings is 1. The van der Waals surface area contributed by atoms with Gasteiger partial charge in [-0.1, -0.05) is 19.1 Å². The third-order valence-corrected chi connectivity index (χ3v) is 2.66. The number of rotatable bonds is 5. The van der Waals surface area contributed by atoms with Gasteiger partial charge < -0.3 is 10.1 Å². The molecule has 1 rings (SSSR count). The van der Waals surface area contributed by atoms with Crippen LogP contribution in [0.25, 0.3) is 0 Å². The lowest BCUT2D eigenvalue weighted by atomic mass is 10.0. The lowest BCUT2D eigenvalue weighted by molar-refractivity contribution is -0.145. The van der Waals surface area contributed by atoms with Gasteiger partial charge in [0, 0.05) is 12.8 Å². The largest absolute Gasteiger partial charge is 0.467 e. The second kappa shape index (κ2) is 7.17. The van der Waals surface area contributed by atoms with Crippen LogP contribution in [0, 0.1) is 11.3 Å². The number of nitrogens with zero attached hydrogens (tertiary/aromatic N) is 1. The molecule has 19 heavy (non-hydrogen) atoms. The first-order chi connectivity index (χ1) is 9.10. The van der Waals surface area contributed by atoms with Crippen molar-refractivity contribution in [1.29, 1.82) is 5.26 Å². The Hall–Kier alpha value is -2.35. The van der Waals surface area contributed by atoms with Crippen LogP contribution in [0.3, 0.4) is 0 Å². The fraction of sp³-hybridized carbons (Fsp3) is 0.357. The zero-order valence-electron chi connectivity index (χ0n) is 11.0. The molecule has 1 atom stereocenters. The molecule has 5 heteroatoms. The Balaban J connectivity index is 2.78. The minimum Gasteiger partial charge on any atom is -0.467 e. The van der Waals surface area contributed by atoms with Crippen LogP contribution in [-0.4, -0.2) is 25.0 Å². The second-order valence-electron chi connectivity index (χ2n) is 4.01. The van der Waals surface area contributed by atoms with Crippen molar-refractivity contribution in [2.24, 2.45) is 0 Å². The Bertz CT molecular complexity index is 488. The second-order valence-corrected chi connectivity index (χ2v) is 4.01. The molecule has 0 heterocycles. The molecule has 0 fully saturated rings. The molecule has 0 aliphatic carbocycles. The van der Waals surface area contributed by atoms with Crippen LogP contribution in [0.2, 0.25) is 0 Å². The molecular weight excluding hydrogens is 244 g/mol. The highest BCUT2D eigenvalue weighted by Crippen LogP contribution is 2.07. The quantitative estimate of drug-likeness (QED) is 0.806. The van der Waals surface area contributed by atoms with E-state index in [1.165, 1.54) is 7.11 Å². The number of carbonyl (C=O) groups excluding carboxylic acids is 2. The van der Waals surface area contributed by atoms with E-state index in [9.17, 15) is 9.59 Å². The van der Waals surface area contributed by atoms with Crippen molar-refractivity contribution >= 4 is 11.9 Å². The molecule has 0 aliphatic heterocycles. The lowest BCUT2D eigenvalue weighted by Crippen LogP contribution is -2.42. The average molecular weight is 260 g/mol. The van der Waals surface area contributed by atoms with E-state index in [1.54, 1.807) is 31.2 Å². The minimum atomic E-state index is -0.703. The number of ether oxygens (including phenoxy) is 1. The number of methoxy groups -OCH3 is 1. The molecule has 1 N–H and O–H groups in total. The number of nitrogens with one attached hydrogen (secondary N) is 1. The first-order valence-electron chi connectivity index (χ1n) is 5.97. The summed E-state index contributed by atoms with van der Waals surface area (Å²) in [4.78, 5) is 23.0. The minimum absolute atomic E-state index is 0.205. The van der Waals surface area contributed by atoms with Crippen LogP contribution < -0.4 is 5.32 Å². The zero-order valence-corrected chi connectivity index (χ0v) is 11.0. The molecule has 1 aromatic rings. The molecule has 1 aromatic carbocycles. The Morgan fingerprint density at radius 3 is 2.47 bits per heavy atom. The molecule has 0 bridgehead atoms. The van der Waals surface area contributed by atoms with Crippen molar-refractivity contribution in [3.8, 4) is 6.07 Å². The average Bonchev–Trinajstić information content (AvgIpc) is 2.46. The topological polar surface area (TPSA) is 79.2 Å². The van der Waals surface area contributed by atoms with E-state index >= 15 is 0 Å². The summed E-state index contributed by atoms with van der Waals surface area (Å²) in [5.41, 5.74) is 1.40. The third kappa shape index (κ3) is 4.43. The predicted octanol–water partition coefficient (Wildman–Crippen LogP) is 1.17. The Labute approximate surface area is 112 Å². The fourth-order valence-corrected chi connectivity index (χ4v) is 1.58. The number of hydrogen-bond donors (Lipinski definition) is 1. The van der Waals surface area contributed by atoms with E-state index in [0.29, 0.717) is 18.4 Å². The summed E-state index contributed by atoms with van der Waals surface area (Å²) in [5.74, 6) is -0.685. The van der Waals surface area contributed by atoms with Crippen LogP contribution >= 0.6 is 0 Å². The summed E-state index contributed by atoms with van der Waals surface area (Å²) in [6.07, 6.45) is 0.644. The molecular formula is C14H16N2O3. The van der Waals surface area contributed by atoms with Crippen LogP contribution in [0.1, 0.15) is 24.5 Å². The third-order valence-electron chi connectivity index (χ3n) is 2.66. The van der Waals surface area contributed by atoms with E-state index in [-0.39, 0.29) is 5.91 Å². The van der Waals surface area contributed by atoms with Gasteiger partial charge in [-0.05, 0) is 17.7 Å². The summed E-state index contributed by atoms with van der Waals surface area (Å²) < 4.78 is 4.67. The van der Waals surface area contributed by atoms with Crippen molar-refractivity contribution in [3.63, 3.8) is 0 Å². The first-order valence-corrected chi connectivity index (χ1v) is 5.97. The number of esters is 1. The van der Waals surface area contributed by atoms with Crippen molar-refractivity contribution < 1.29 is 14.3 Å². The SMILES string of the molecule is CCC(=O)N[C@H](Cc1ccc(C#N)cc1)C(=O)OC. The molecule has 0 aliphatic rings. The van der Waals surface area contributed by atoms with Gasteiger partial charge in [0.1, 0.15) is 6.04 Å². The zero-order chi connectivity index (χ0) is 14.3. The van der Waals surface area contributed by atoms with E-state index in [0.717, 1.165) is 5.56 Å². The van der Waals surface area contributed by atoms with Gasteiger partial charge in [0.05, 0.1) is 18.7 Å². The summed E-state index contributed by atoms with van der Waals surface area (Å²) in [6.45, 7) is 1.71. The van der Waals surface area contributed by atoms with Crippen molar-refractivity contribution in [3.05, 3.63) is 35.4 Å². The van der Waals surface area contributed by atoms with E-state index in [2.05, 4.69) is 10.1 Å². The summed E-state index contributed by atoms with van der Waals surface area (Å²) in [6, 6.07) is 8.18. The van der Waals surface area contributed by atoms with Crippen LogP contribution in [-0.2, 0) is 20.7 Å². The fourth-order valence-electron chi connectivity index (χ4n) is 1.58. The smallest absolute Gasteiger partial charge is 0.328 e. The molecule has 0 saturated carbocycles. The maximum atomic E-state index is 11.6. The highest BCUT2D eigenvalue weighted by atomic mass is 16.5. The number of nitriles is 1. The van der Waals surface area contributed by atoms with Gasteiger partial charge in [-0.25, -0.2) is 4.79 Å². The molecule has 5 nitrogen and oxygen atoms in total. The van der Waals surface area contributed by atoms with Crippen molar-refractivity contribution in [2.75, 3.05) is 7.11 Å². The maximum Gasteiger partial charge on any atom is 0.328 e. The Kier molecular flexibility index (Phi) is 5.55. The molecule has 0 spiro atoms. The van der Waals surface area contributed by atoms with Crippen LogP contribution in [0.4, 0.5) is 0 Å². The molecule has 0 aromatic heterocycles. The van der Waals surface area contributed by atoms with Crippen LogP contribution in [0.15, 0.2) is 24.3 Å². The van der Waals surface area contributed by atoms with Gasteiger partial charge in [-0.2, -0.15) is 5.26 Å². The summed E-state index contributed by atoms with van der Waals surface area (Å²) >= 11 is 0. The highest BCUT2D eigenvalue weighted by Gasteiger charge is 2.21. The lowest BCUT2D eigenvalue weighted by Gasteiger charge is -2.16. The molecule has 0 saturated heterocycles. The summed E-state index contributed by atoms with van der Waals surface area (Å²) in [7, 11) is 1.28. The number of carbonyl (C=O) groups is 2. The van der Waals surface area contributed by atoms with E-state index in [4.69, 9.17) is 5.26 Å². The van der Waals surface area contributed by atoms with Gasteiger partial charge in [0.15, 0.2) is 0 Å². The van der Waals surface area contributed by atoms with E-state index in [1.807, 2.05) is 6.07 Å². The maximum absolute atomic E-state index is 11.6.